The van der Waals surface area contributed by atoms with Crippen LogP contribution in [0.4, 0.5) is 0 Å². The average Bonchev–Trinajstić information content (AvgIpc) is 2.13. The summed E-state index contributed by atoms with van der Waals surface area (Å²) in [7, 11) is -3.85. The number of methoxy groups -OCH3 is 1. The van der Waals surface area contributed by atoms with Crippen molar-refractivity contribution in [2.75, 3.05) is 7.04 Å². The Morgan fingerprint density at radius 2 is 2.21 bits per heavy atom. The molecule has 0 aliphatic carbocycles. The van der Waals surface area contributed by atoms with Crippen LogP contribution in [0.5, 0.6) is 5.75 Å². The van der Waals surface area contributed by atoms with E-state index in [1.165, 1.54) is 6.20 Å². The van der Waals surface area contributed by atoms with Crippen molar-refractivity contribution in [2.45, 2.75) is 19.6 Å². The van der Waals surface area contributed by atoms with Gasteiger partial charge < -0.3 is 4.74 Å². The van der Waals surface area contributed by atoms with E-state index < -0.39 is 15.1 Å². The highest BCUT2D eigenvalue weighted by molar-refractivity contribution is 6.83. The molecule has 0 saturated heterocycles. The Hall–Kier alpha value is -1.27. The van der Waals surface area contributed by atoms with Crippen LogP contribution in [0, 0.1) is 11.5 Å². The monoisotopic (exact) mass is 208 g/mol. The van der Waals surface area contributed by atoms with Gasteiger partial charge in [-0.15, -0.1) is 5.54 Å². The Kier molecular flexibility index (Phi) is 2.17. The van der Waals surface area contributed by atoms with Gasteiger partial charge in [0.05, 0.1) is 17.3 Å². The van der Waals surface area contributed by atoms with E-state index >= 15 is 0 Å². The molecule has 0 aliphatic rings. The van der Waals surface area contributed by atoms with Crippen LogP contribution in [-0.2, 0) is 0 Å². The summed E-state index contributed by atoms with van der Waals surface area (Å²) in [6.07, 6.45) is 1.38. The fourth-order valence-corrected chi connectivity index (χ4v) is 1.27. The van der Waals surface area contributed by atoms with E-state index in [0.717, 1.165) is 0 Å². The predicted molar refractivity (Wildman–Crippen MR) is 61.0 cm³/mol. The van der Waals surface area contributed by atoms with Gasteiger partial charge in [-0.2, -0.15) is 0 Å². The van der Waals surface area contributed by atoms with Crippen molar-refractivity contribution in [3.8, 4) is 17.2 Å². The van der Waals surface area contributed by atoms with Crippen LogP contribution in [0.3, 0.4) is 0 Å². The van der Waals surface area contributed by atoms with E-state index in [-0.39, 0.29) is 5.75 Å². The zero-order chi connectivity index (χ0) is 13.1. The van der Waals surface area contributed by atoms with Crippen molar-refractivity contribution in [3.05, 3.63) is 24.0 Å². The third kappa shape index (κ3) is 3.63. The first-order valence-corrected chi connectivity index (χ1v) is 7.84. The van der Waals surface area contributed by atoms with Crippen LogP contribution in [-0.4, -0.2) is 20.1 Å². The van der Waals surface area contributed by atoms with Crippen LogP contribution in [0.15, 0.2) is 18.3 Å². The quantitative estimate of drug-likeness (QED) is 0.522. The standard InChI is InChI=1S/C11H15NOSi/c1-13-11-6-5-10(12-9-11)7-8-14(2,3)4/h5-6,9H,1-4H3/i1D3. The highest BCUT2D eigenvalue weighted by Crippen LogP contribution is 2.07. The summed E-state index contributed by atoms with van der Waals surface area (Å²) in [5, 5.41) is 0. The molecule has 14 heavy (non-hydrogen) atoms. The summed E-state index contributed by atoms with van der Waals surface area (Å²) in [5.74, 6) is 3.20. The van der Waals surface area contributed by atoms with E-state index in [2.05, 4.69) is 36.1 Å². The topological polar surface area (TPSA) is 22.1 Å². The summed E-state index contributed by atoms with van der Waals surface area (Å²) in [6, 6.07) is 3.22. The van der Waals surface area contributed by atoms with Gasteiger partial charge in [0, 0.05) is 0 Å². The van der Waals surface area contributed by atoms with Gasteiger partial charge in [-0.1, -0.05) is 25.6 Å². The van der Waals surface area contributed by atoms with Gasteiger partial charge in [0.2, 0.25) is 0 Å². The molecule has 74 valence electrons. The third-order valence-corrected chi connectivity index (χ3v) is 2.29. The lowest BCUT2D eigenvalue weighted by atomic mass is 10.3. The van der Waals surface area contributed by atoms with Crippen molar-refractivity contribution in [2.24, 2.45) is 0 Å². The highest BCUT2D eigenvalue weighted by Gasteiger charge is 2.07. The maximum Gasteiger partial charge on any atom is 0.137 e. The maximum absolute atomic E-state index is 6.95. The largest absolute Gasteiger partial charge is 0.495 e. The number of aromatic nitrogens is 1. The summed E-state index contributed by atoms with van der Waals surface area (Å²) in [6.45, 7) is 6.43. The van der Waals surface area contributed by atoms with Crippen molar-refractivity contribution in [3.63, 3.8) is 0 Å². The minimum Gasteiger partial charge on any atom is -0.495 e. The summed E-state index contributed by atoms with van der Waals surface area (Å²) in [4.78, 5) is 4.04. The molecule has 0 fully saturated rings. The smallest absolute Gasteiger partial charge is 0.137 e. The molecule has 0 atom stereocenters. The fourth-order valence-electron chi connectivity index (χ4n) is 0.766. The maximum atomic E-state index is 6.95. The molecule has 0 spiro atoms. The van der Waals surface area contributed by atoms with Gasteiger partial charge in [0.15, 0.2) is 0 Å². The first kappa shape index (κ1) is 7.08. The molecule has 0 saturated carbocycles. The average molecular weight is 208 g/mol. The van der Waals surface area contributed by atoms with Gasteiger partial charge >= 0.3 is 0 Å². The number of rotatable bonds is 1. The lowest BCUT2D eigenvalue weighted by Gasteiger charge is -2.03. The molecule has 0 bridgehead atoms. The van der Waals surface area contributed by atoms with E-state index in [0.29, 0.717) is 5.69 Å². The van der Waals surface area contributed by atoms with Gasteiger partial charge in [-0.25, -0.2) is 4.98 Å². The van der Waals surface area contributed by atoms with Gasteiger partial charge in [0.1, 0.15) is 19.5 Å². The van der Waals surface area contributed by atoms with E-state index in [1.807, 2.05) is 0 Å². The van der Waals surface area contributed by atoms with Gasteiger partial charge in [-0.3, -0.25) is 0 Å². The zero-order valence-corrected chi connectivity index (χ0v) is 9.59. The molecule has 3 heteroatoms. The van der Waals surface area contributed by atoms with Crippen molar-refractivity contribution >= 4 is 8.07 Å². The molecule has 1 rings (SSSR count). The third-order valence-electron chi connectivity index (χ3n) is 1.42. The Balaban J connectivity index is 2.78. The summed E-state index contributed by atoms with van der Waals surface area (Å²) >= 11 is 0. The molecule has 1 aromatic rings. The second-order valence-electron chi connectivity index (χ2n) is 3.98. The van der Waals surface area contributed by atoms with Crippen LogP contribution < -0.4 is 4.74 Å². The zero-order valence-electron chi connectivity index (χ0n) is 11.6. The first-order valence-electron chi connectivity index (χ1n) is 5.84. The Labute approximate surface area is 90.5 Å². The van der Waals surface area contributed by atoms with Crippen molar-refractivity contribution in [1.82, 2.24) is 4.98 Å². The van der Waals surface area contributed by atoms with E-state index in [9.17, 15) is 0 Å². The minimum absolute atomic E-state index is 0.226. The van der Waals surface area contributed by atoms with Crippen LogP contribution in [0.2, 0.25) is 19.6 Å². The molecular weight excluding hydrogens is 190 g/mol. The van der Waals surface area contributed by atoms with Crippen LogP contribution in [0.25, 0.3) is 0 Å². The SMILES string of the molecule is [2H]C([2H])([2H])Oc1ccc(C#C[Si](C)(C)C)nc1. The molecule has 0 aliphatic heterocycles. The molecule has 0 unspecified atom stereocenters. The first-order chi connectivity index (χ1) is 7.66. The van der Waals surface area contributed by atoms with Crippen LogP contribution in [0.1, 0.15) is 9.81 Å². The van der Waals surface area contributed by atoms with Gasteiger partial charge in [0.25, 0.3) is 0 Å². The van der Waals surface area contributed by atoms with Crippen LogP contribution >= 0.6 is 0 Å². The Bertz CT molecular complexity index is 437. The number of nitrogens with zero attached hydrogens (tertiary/aromatic N) is 1. The molecule has 0 N–H and O–H groups in total. The van der Waals surface area contributed by atoms with Crippen molar-refractivity contribution in [1.29, 1.82) is 0 Å². The molecule has 0 radical (unpaired) electrons. The highest BCUT2D eigenvalue weighted by atomic mass is 28.3. The normalized spacial score (nSPS) is 14.4. The number of hydrogen-bond acceptors (Lipinski definition) is 2. The Morgan fingerprint density at radius 3 is 2.71 bits per heavy atom. The molecular formula is C11H15NOSi. The summed E-state index contributed by atoms with van der Waals surface area (Å²) in [5.41, 5.74) is 3.81. The minimum atomic E-state index is -2.44. The Morgan fingerprint density at radius 1 is 1.43 bits per heavy atom. The molecule has 1 heterocycles. The molecule has 0 aromatic carbocycles. The lowest BCUT2D eigenvalue weighted by Crippen LogP contribution is -2.16. The predicted octanol–water partition coefficient (Wildman–Crippen LogP) is 2.32. The van der Waals surface area contributed by atoms with E-state index in [1.54, 1.807) is 12.1 Å². The number of ether oxygens (including phenoxy) is 1. The molecule has 0 amide bonds. The molecule has 1 aromatic heterocycles. The second-order valence-corrected chi connectivity index (χ2v) is 8.73. The summed E-state index contributed by atoms with van der Waals surface area (Å²) < 4.78 is 25.5. The number of pyridine rings is 1. The lowest BCUT2D eigenvalue weighted by molar-refractivity contribution is 0.413. The number of hydrogen-bond donors (Lipinski definition) is 0. The van der Waals surface area contributed by atoms with E-state index in [4.69, 9.17) is 8.85 Å². The molecule has 2 nitrogen and oxygen atoms in total. The van der Waals surface area contributed by atoms with Crippen molar-refractivity contribution < 1.29 is 8.85 Å². The second kappa shape index (κ2) is 4.29. The fraction of sp³-hybridized carbons (Fsp3) is 0.364. The van der Waals surface area contributed by atoms with Gasteiger partial charge in [-0.05, 0) is 12.1 Å².